The number of anilines is 1. The summed E-state index contributed by atoms with van der Waals surface area (Å²) in [5, 5.41) is 0. The molecule has 1 N–H and O–H groups in total. The van der Waals surface area contributed by atoms with Crippen molar-refractivity contribution in [1.29, 1.82) is 0 Å². The minimum atomic E-state index is -3.37. The van der Waals surface area contributed by atoms with E-state index in [-0.39, 0.29) is 6.04 Å². The van der Waals surface area contributed by atoms with Gasteiger partial charge in [0.15, 0.2) is 0 Å². The first-order valence-electron chi connectivity index (χ1n) is 7.58. The first-order valence-corrected chi connectivity index (χ1v) is 9.02. The Morgan fingerprint density at radius 2 is 1.95 bits per heavy atom. The first kappa shape index (κ1) is 16.3. The van der Waals surface area contributed by atoms with Crippen molar-refractivity contribution >= 4 is 15.9 Å². The highest BCUT2D eigenvalue weighted by atomic mass is 32.2. The van der Waals surface area contributed by atoms with Crippen molar-refractivity contribution in [2.45, 2.75) is 33.2 Å². The fraction of sp³-hybridized carbons (Fsp3) is 0.600. The van der Waals surface area contributed by atoms with Gasteiger partial charge in [0.05, 0.1) is 0 Å². The zero-order valence-electron chi connectivity index (χ0n) is 13.0. The third-order valence-electron chi connectivity index (χ3n) is 4.06. The van der Waals surface area contributed by atoms with Gasteiger partial charge < -0.3 is 4.90 Å². The van der Waals surface area contributed by atoms with Crippen LogP contribution in [0.3, 0.4) is 0 Å². The second kappa shape index (κ2) is 6.77. The summed E-state index contributed by atoms with van der Waals surface area (Å²) >= 11 is 0. The highest BCUT2D eigenvalue weighted by Crippen LogP contribution is 2.28. The van der Waals surface area contributed by atoms with E-state index in [9.17, 15) is 8.42 Å². The molecule has 1 atom stereocenters. The SMILES string of the molecule is CCN(CC)S(=O)(=O)NCC(C)N1CCc2ccccc21. The van der Waals surface area contributed by atoms with Gasteiger partial charge in [0.1, 0.15) is 0 Å². The molecule has 5 nitrogen and oxygen atoms in total. The van der Waals surface area contributed by atoms with E-state index in [0.29, 0.717) is 19.6 Å². The average Bonchev–Trinajstić information content (AvgIpc) is 2.90. The molecule has 0 bridgehead atoms. The summed E-state index contributed by atoms with van der Waals surface area (Å²) in [5.41, 5.74) is 2.57. The monoisotopic (exact) mass is 311 g/mol. The summed E-state index contributed by atoms with van der Waals surface area (Å²) in [6.45, 7) is 8.12. The van der Waals surface area contributed by atoms with Gasteiger partial charge in [-0.05, 0) is 25.0 Å². The Balaban J connectivity index is 1.99. The van der Waals surface area contributed by atoms with E-state index in [1.54, 1.807) is 0 Å². The lowest BCUT2D eigenvalue weighted by atomic mass is 10.2. The largest absolute Gasteiger partial charge is 0.367 e. The third kappa shape index (κ3) is 3.56. The number of fused-ring (bicyclic) bond motifs is 1. The molecule has 0 amide bonds. The Morgan fingerprint density at radius 1 is 1.29 bits per heavy atom. The van der Waals surface area contributed by atoms with E-state index in [0.717, 1.165) is 13.0 Å². The predicted octanol–water partition coefficient (Wildman–Crippen LogP) is 1.61. The first-order chi connectivity index (χ1) is 9.99. The van der Waals surface area contributed by atoms with Crippen LogP contribution >= 0.6 is 0 Å². The van der Waals surface area contributed by atoms with Gasteiger partial charge in [-0.15, -0.1) is 0 Å². The van der Waals surface area contributed by atoms with Gasteiger partial charge >= 0.3 is 0 Å². The molecule has 6 heteroatoms. The minimum Gasteiger partial charge on any atom is -0.367 e. The molecule has 1 aromatic rings. The Morgan fingerprint density at radius 3 is 2.62 bits per heavy atom. The van der Waals surface area contributed by atoms with Crippen molar-refractivity contribution in [3.8, 4) is 0 Å². The van der Waals surface area contributed by atoms with Crippen molar-refractivity contribution < 1.29 is 8.42 Å². The highest BCUT2D eigenvalue weighted by molar-refractivity contribution is 7.87. The molecule has 0 saturated carbocycles. The van der Waals surface area contributed by atoms with E-state index in [1.807, 2.05) is 19.9 Å². The molecule has 0 radical (unpaired) electrons. The lowest BCUT2D eigenvalue weighted by Gasteiger charge is -2.28. The van der Waals surface area contributed by atoms with E-state index in [1.165, 1.54) is 15.6 Å². The zero-order chi connectivity index (χ0) is 15.5. The summed E-state index contributed by atoms with van der Waals surface area (Å²) in [4.78, 5) is 2.28. The third-order valence-corrected chi connectivity index (χ3v) is 5.79. The fourth-order valence-corrected chi connectivity index (χ4v) is 4.13. The molecule has 1 heterocycles. The predicted molar refractivity (Wildman–Crippen MR) is 86.8 cm³/mol. The van der Waals surface area contributed by atoms with Gasteiger partial charge in [0.2, 0.25) is 0 Å². The number of para-hydroxylation sites is 1. The second-order valence-electron chi connectivity index (χ2n) is 5.36. The van der Waals surface area contributed by atoms with Crippen LogP contribution in [0.5, 0.6) is 0 Å². The Labute approximate surface area is 128 Å². The number of benzene rings is 1. The molecule has 0 spiro atoms. The maximum atomic E-state index is 12.2. The summed E-state index contributed by atoms with van der Waals surface area (Å²) in [6, 6.07) is 8.47. The number of nitrogens with one attached hydrogen (secondary N) is 1. The fourth-order valence-electron chi connectivity index (χ4n) is 2.81. The van der Waals surface area contributed by atoms with Gasteiger partial charge in [0, 0.05) is 37.9 Å². The molecule has 1 aliphatic heterocycles. The molecule has 0 aromatic heterocycles. The number of rotatable bonds is 7. The Bertz CT molecular complexity index is 570. The number of nitrogens with zero attached hydrogens (tertiary/aromatic N) is 2. The van der Waals surface area contributed by atoms with Crippen molar-refractivity contribution in [2.75, 3.05) is 31.1 Å². The van der Waals surface area contributed by atoms with Gasteiger partial charge in [-0.3, -0.25) is 0 Å². The normalized spacial score (nSPS) is 16.3. The Kier molecular flexibility index (Phi) is 5.24. The van der Waals surface area contributed by atoms with Crippen LogP contribution in [0.2, 0.25) is 0 Å². The highest BCUT2D eigenvalue weighted by Gasteiger charge is 2.25. The molecule has 118 valence electrons. The molecule has 1 unspecified atom stereocenters. The molecule has 0 fully saturated rings. The van der Waals surface area contributed by atoms with Crippen LogP contribution in [-0.4, -0.2) is 44.9 Å². The summed E-state index contributed by atoms with van der Waals surface area (Å²) in [6.07, 6.45) is 1.03. The maximum absolute atomic E-state index is 12.2. The molecular formula is C15H25N3O2S. The lowest BCUT2D eigenvalue weighted by Crippen LogP contribution is -2.46. The van der Waals surface area contributed by atoms with Gasteiger partial charge in [-0.2, -0.15) is 12.7 Å². The standard InChI is InChI=1S/C15H25N3O2S/c1-4-17(5-2)21(19,20)16-12-13(3)18-11-10-14-8-6-7-9-15(14)18/h6-9,13,16H,4-5,10-12H2,1-3H3. The van der Waals surface area contributed by atoms with Crippen LogP contribution in [0.4, 0.5) is 5.69 Å². The van der Waals surface area contributed by atoms with Crippen molar-refractivity contribution in [1.82, 2.24) is 9.03 Å². The number of hydrogen-bond donors (Lipinski definition) is 1. The molecule has 1 aliphatic rings. The van der Waals surface area contributed by atoms with Crippen LogP contribution in [0.1, 0.15) is 26.3 Å². The van der Waals surface area contributed by atoms with Crippen LogP contribution in [0.15, 0.2) is 24.3 Å². The minimum absolute atomic E-state index is 0.138. The summed E-state index contributed by atoms with van der Waals surface area (Å²) in [7, 11) is -3.37. The lowest BCUT2D eigenvalue weighted by molar-refractivity contribution is 0.432. The van der Waals surface area contributed by atoms with E-state index in [2.05, 4.69) is 34.7 Å². The van der Waals surface area contributed by atoms with Crippen LogP contribution in [-0.2, 0) is 16.6 Å². The average molecular weight is 311 g/mol. The van der Waals surface area contributed by atoms with Gasteiger partial charge in [0.25, 0.3) is 10.2 Å². The van der Waals surface area contributed by atoms with Crippen molar-refractivity contribution in [2.24, 2.45) is 0 Å². The van der Waals surface area contributed by atoms with Crippen molar-refractivity contribution in [3.05, 3.63) is 29.8 Å². The maximum Gasteiger partial charge on any atom is 0.279 e. The molecular weight excluding hydrogens is 286 g/mol. The molecule has 0 saturated heterocycles. The Hall–Kier alpha value is -1.11. The van der Waals surface area contributed by atoms with Crippen LogP contribution < -0.4 is 9.62 Å². The second-order valence-corrected chi connectivity index (χ2v) is 7.11. The topological polar surface area (TPSA) is 52.7 Å². The van der Waals surface area contributed by atoms with Crippen LogP contribution in [0, 0.1) is 0 Å². The van der Waals surface area contributed by atoms with Crippen LogP contribution in [0.25, 0.3) is 0 Å². The molecule has 21 heavy (non-hydrogen) atoms. The number of hydrogen-bond acceptors (Lipinski definition) is 3. The molecule has 2 rings (SSSR count). The van der Waals surface area contributed by atoms with E-state index in [4.69, 9.17) is 0 Å². The quantitative estimate of drug-likeness (QED) is 0.832. The molecule has 1 aromatic carbocycles. The van der Waals surface area contributed by atoms with Crippen molar-refractivity contribution in [3.63, 3.8) is 0 Å². The summed E-state index contributed by atoms with van der Waals surface area (Å²) < 4.78 is 28.5. The van der Waals surface area contributed by atoms with E-state index >= 15 is 0 Å². The van der Waals surface area contributed by atoms with Gasteiger partial charge in [-0.25, -0.2) is 4.72 Å². The van der Waals surface area contributed by atoms with E-state index < -0.39 is 10.2 Å². The smallest absolute Gasteiger partial charge is 0.279 e. The summed E-state index contributed by atoms with van der Waals surface area (Å²) in [5.74, 6) is 0. The zero-order valence-corrected chi connectivity index (χ0v) is 13.9. The van der Waals surface area contributed by atoms with Gasteiger partial charge in [-0.1, -0.05) is 32.0 Å². The molecule has 0 aliphatic carbocycles.